The van der Waals surface area contributed by atoms with Crippen molar-refractivity contribution in [2.24, 2.45) is 7.05 Å². The Kier molecular flexibility index (Phi) is 2.26. The molecule has 0 spiro atoms. The lowest BCUT2D eigenvalue weighted by Gasteiger charge is -1.97. The minimum absolute atomic E-state index is 0.517. The molecule has 0 saturated carbocycles. The summed E-state index contributed by atoms with van der Waals surface area (Å²) >= 11 is 0. The molecule has 5 nitrogen and oxygen atoms in total. The first kappa shape index (κ1) is 10.7. The van der Waals surface area contributed by atoms with Gasteiger partial charge in [0.1, 0.15) is 11.6 Å². The molecule has 0 atom stereocenters. The first-order valence-electron chi connectivity index (χ1n) is 5.64. The third-order valence-electron chi connectivity index (χ3n) is 3.00. The molecule has 92 valence electrons. The molecule has 0 aliphatic heterocycles. The SMILES string of the molecule is COc1ccc2[nH]c(-c3cc(N)nn3C)cc2c1. The van der Waals surface area contributed by atoms with Gasteiger partial charge in [0.2, 0.25) is 0 Å². The van der Waals surface area contributed by atoms with Crippen molar-refractivity contribution < 1.29 is 4.74 Å². The Bertz CT molecular complexity index is 711. The van der Waals surface area contributed by atoms with Crippen LogP contribution in [-0.2, 0) is 7.05 Å². The molecule has 3 N–H and O–H groups in total. The molecular weight excluding hydrogens is 228 g/mol. The molecule has 2 heterocycles. The highest BCUT2D eigenvalue weighted by atomic mass is 16.5. The molecule has 0 saturated heterocycles. The molecule has 0 bridgehead atoms. The number of ether oxygens (including phenoxy) is 1. The third-order valence-corrected chi connectivity index (χ3v) is 3.00. The van der Waals surface area contributed by atoms with Gasteiger partial charge >= 0.3 is 0 Å². The van der Waals surface area contributed by atoms with Gasteiger partial charge in [-0.1, -0.05) is 0 Å². The van der Waals surface area contributed by atoms with Gasteiger partial charge in [0.25, 0.3) is 0 Å². The molecule has 0 aliphatic carbocycles. The van der Waals surface area contributed by atoms with Gasteiger partial charge in [0.05, 0.1) is 18.5 Å². The van der Waals surface area contributed by atoms with E-state index in [1.807, 2.05) is 31.3 Å². The van der Waals surface area contributed by atoms with Gasteiger partial charge in [-0.25, -0.2) is 0 Å². The van der Waals surface area contributed by atoms with Crippen molar-refractivity contribution in [2.75, 3.05) is 12.8 Å². The lowest BCUT2D eigenvalue weighted by atomic mass is 10.2. The van der Waals surface area contributed by atoms with Crippen molar-refractivity contribution in [2.45, 2.75) is 0 Å². The maximum absolute atomic E-state index is 5.69. The molecule has 3 rings (SSSR count). The molecule has 0 fully saturated rings. The van der Waals surface area contributed by atoms with Crippen LogP contribution in [0.4, 0.5) is 5.82 Å². The number of rotatable bonds is 2. The number of nitrogens with zero attached hydrogens (tertiary/aromatic N) is 2. The van der Waals surface area contributed by atoms with E-state index in [0.717, 1.165) is 28.0 Å². The summed E-state index contributed by atoms with van der Waals surface area (Å²) < 4.78 is 6.97. The number of fused-ring (bicyclic) bond motifs is 1. The summed E-state index contributed by atoms with van der Waals surface area (Å²) in [6, 6.07) is 9.84. The third kappa shape index (κ3) is 1.60. The number of nitrogens with two attached hydrogens (primary N) is 1. The number of hydrogen-bond acceptors (Lipinski definition) is 3. The van der Waals surface area contributed by atoms with E-state index in [0.29, 0.717) is 5.82 Å². The lowest BCUT2D eigenvalue weighted by Crippen LogP contribution is -1.94. The van der Waals surface area contributed by atoms with Crippen molar-refractivity contribution >= 4 is 16.7 Å². The second-order valence-corrected chi connectivity index (χ2v) is 4.21. The molecule has 1 aromatic carbocycles. The fraction of sp³-hybridized carbons (Fsp3) is 0.154. The number of H-pyrrole nitrogens is 1. The van der Waals surface area contributed by atoms with E-state index in [4.69, 9.17) is 10.5 Å². The van der Waals surface area contributed by atoms with Crippen LogP contribution in [0.1, 0.15) is 0 Å². The quantitative estimate of drug-likeness (QED) is 0.723. The number of aromatic amines is 1. The highest BCUT2D eigenvalue weighted by Crippen LogP contribution is 2.27. The number of benzene rings is 1. The normalized spacial score (nSPS) is 11.0. The molecule has 2 aromatic heterocycles. The first-order chi connectivity index (χ1) is 8.67. The molecule has 18 heavy (non-hydrogen) atoms. The van der Waals surface area contributed by atoms with E-state index >= 15 is 0 Å². The van der Waals surface area contributed by atoms with E-state index in [-0.39, 0.29) is 0 Å². The van der Waals surface area contributed by atoms with Gasteiger partial charge in [-0.3, -0.25) is 4.68 Å². The lowest BCUT2D eigenvalue weighted by molar-refractivity contribution is 0.415. The second kappa shape index (κ2) is 3.80. The van der Waals surface area contributed by atoms with Gasteiger partial charge in [-0.2, -0.15) is 5.10 Å². The summed E-state index contributed by atoms with van der Waals surface area (Å²) in [5, 5.41) is 5.24. The number of nitrogens with one attached hydrogen (secondary N) is 1. The topological polar surface area (TPSA) is 68.9 Å². The highest BCUT2D eigenvalue weighted by molar-refractivity contribution is 5.86. The number of aryl methyl sites for hydroxylation is 1. The molecule has 0 radical (unpaired) electrons. The van der Waals surface area contributed by atoms with Crippen LogP contribution in [-0.4, -0.2) is 21.9 Å². The Morgan fingerprint density at radius 3 is 2.78 bits per heavy atom. The highest BCUT2D eigenvalue weighted by Gasteiger charge is 2.09. The molecule has 0 amide bonds. The predicted molar refractivity (Wildman–Crippen MR) is 71.5 cm³/mol. The van der Waals surface area contributed by atoms with Crippen LogP contribution in [0.15, 0.2) is 30.3 Å². The maximum atomic E-state index is 5.69. The summed E-state index contributed by atoms with van der Waals surface area (Å²) in [6.45, 7) is 0. The van der Waals surface area contributed by atoms with Crippen LogP contribution in [0.5, 0.6) is 5.75 Å². The second-order valence-electron chi connectivity index (χ2n) is 4.21. The van der Waals surface area contributed by atoms with Crippen LogP contribution in [0, 0.1) is 0 Å². The number of nitrogen functional groups attached to an aromatic ring is 1. The van der Waals surface area contributed by atoms with Crippen LogP contribution in [0.2, 0.25) is 0 Å². The van der Waals surface area contributed by atoms with Crippen molar-refractivity contribution in [3.05, 3.63) is 30.3 Å². The molecular formula is C13H14N4O. The fourth-order valence-corrected chi connectivity index (χ4v) is 2.12. The monoisotopic (exact) mass is 242 g/mol. The smallest absolute Gasteiger partial charge is 0.146 e. The number of hydrogen-bond donors (Lipinski definition) is 2. The fourth-order valence-electron chi connectivity index (χ4n) is 2.12. The van der Waals surface area contributed by atoms with Gasteiger partial charge in [0, 0.05) is 24.0 Å². The van der Waals surface area contributed by atoms with Crippen LogP contribution >= 0.6 is 0 Å². The number of anilines is 1. The van der Waals surface area contributed by atoms with E-state index in [1.54, 1.807) is 11.8 Å². The van der Waals surface area contributed by atoms with Crippen LogP contribution < -0.4 is 10.5 Å². The average Bonchev–Trinajstić information content (AvgIpc) is 2.90. The molecule has 5 heteroatoms. The van der Waals surface area contributed by atoms with E-state index in [1.165, 1.54) is 0 Å². The first-order valence-corrected chi connectivity index (χ1v) is 5.64. The van der Waals surface area contributed by atoms with Crippen LogP contribution in [0.3, 0.4) is 0 Å². The number of aromatic nitrogens is 3. The summed E-state index contributed by atoms with van der Waals surface area (Å²) in [6.07, 6.45) is 0. The Balaban J connectivity index is 2.16. The van der Waals surface area contributed by atoms with E-state index < -0.39 is 0 Å². The molecule has 3 aromatic rings. The minimum Gasteiger partial charge on any atom is -0.497 e. The summed E-state index contributed by atoms with van der Waals surface area (Å²) in [4.78, 5) is 3.35. The van der Waals surface area contributed by atoms with Gasteiger partial charge in [0.15, 0.2) is 0 Å². The molecule has 0 aliphatic rings. The molecule has 0 unspecified atom stereocenters. The summed E-state index contributed by atoms with van der Waals surface area (Å²) in [5.41, 5.74) is 8.70. The minimum atomic E-state index is 0.517. The predicted octanol–water partition coefficient (Wildman–Crippen LogP) is 2.16. The van der Waals surface area contributed by atoms with Gasteiger partial charge in [-0.15, -0.1) is 0 Å². The zero-order valence-corrected chi connectivity index (χ0v) is 10.3. The van der Waals surface area contributed by atoms with Crippen molar-refractivity contribution in [1.82, 2.24) is 14.8 Å². The zero-order chi connectivity index (χ0) is 12.7. The standard InChI is InChI=1S/C13H14N4O/c1-17-12(7-13(14)16-17)11-6-8-5-9(18-2)3-4-10(8)15-11/h3-7,15H,1-2H3,(H2,14,16). The average molecular weight is 242 g/mol. The Morgan fingerprint density at radius 2 is 2.11 bits per heavy atom. The Morgan fingerprint density at radius 1 is 1.28 bits per heavy atom. The van der Waals surface area contributed by atoms with Crippen LogP contribution in [0.25, 0.3) is 22.3 Å². The summed E-state index contributed by atoms with van der Waals surface area (Å²) in [5.74, 6) is 1.36. The van der Waals surface area contributed by atoms with Crippen molar-refractivity contribution in [3.8, 4) is 17.1 Å². The van der Waals surface area contributed by atoms with Crippen molar-refractivity contribution in [1.29, 1.82) is 0 Å². The van der Waals surface area contributed by atoms with Crippen molar-refractivity contribution in [3.63, 3.8) is 0 Å². The van der Waals surface area contributed by atoms with Gasteiger partial charge in [-0.05, 0) is 24.3 Å². The van der Waals surface area contributed by atoms with E-state index in [9.17, 15) is 0 Å². The summed E-state index contributed by atoms with van der Waals surface area (Å²) in [7, 11) is 3.54. The number of methoxy groups -OCH3 is 1. The Hall–Kier alpha value is -2.43. The zero-order valence-electron chi connectivity index (χ0n) is 10.3. The largest absolute Gasteiger partial charge is 0.497 e. The van der Waals surface area contributed by atoms with E-state index in [2.05, 4.69) is 16.1 Å². The maximum Gasteiger partial charge on any atom is 0.146 e. The van der Waals surface area contributed by atoms with Gasteiger partial charge < -0.3 is 15.5 Å². The Labute approximate surface area is 104 Å².